The first-order valence-corrected chi connectivity index (χ1v) is 6.53. The normalized spacial score (nSPS) is 18.4. The minimum atomic E-state index is -0.340. The molecule has 2 aromatic rings. The molecule has 2 aromatic heterocycles. The van der Waals surface area contributed by atoms with Gasteiger partial charge in [-0.05, 0) is 25.0 Å². The van der Waals surface area contributed by atoms with Crippen molar-refractivity contribution in [3.8, 4) is 0 Å². The highest BCUT2D eigenvalue weighted by Crippen LogP contribution is 2.32. The van der Waals surface area contributed by atoms with Gasteiger partial charge in [-0.3, -0.25) is 5.41 Å². The van der Waals surface area contributed by atoms with E-state index >= 15 is 0 Å². The van der Waals surface area contributed by atoms with Gasteiger partial charge in [-0.2, -0.15) is 9.61 Å². The van der Waals surface area contributed by atoms with Crippen molar-refractivity contribution >= 4 is 17.3 Å². The van der Waals surface area contributed by atoms with Gasteiger partial charge < -0.3 is 10.6 Å². The number of nitrogens with zero attached hydrogens (tertiary/aromatic N) is 4. The molecule has 0 aliphatic carbocycles. The van der Waals surface area contributed by atoms with Crippen molar-refractivity contribution in [3.05, 3.63) is 22.6 Å². The van der Waals surface area contributed by atoms with Gasteiger partial charge in [0.15, 0.2) is 5.65 Å². The quantitative estimate of drug-likeness (QED) is 0.525. The Hall–Kier alpha value is -2.38. The van der Waals surface area contributed by atoms with Crippen LogP contribution in [0.25, 0.3) is 5.65 Å². The maximum atomic E-state index is 11.5. The SMILES string of the molecule is CC1(C(=N)N)CCN(c2ccc3n[nH]c(=O)n3n2)CC1. The predicted molar refractivity (Wildman–Crippen MR) is 75.1 cm³/mol. The number of aromatic amines is 1. The molecule has 3 heterocycles. The van der Waals surface area contributed by atoms with Gasteiger partial charge in [-0.15, -0.1) is 5.10 Å². The molecule has 20 heavy (non-hydrogen) atoms. The number of amidine groups is 1. The standard InChI is InChI=1S/C12H17N7O/c1-12(10(13)14)4-6-18(7-5-12)9-3-2-8-15-16-11(20)19(8)17-9/h2-3H,4-7H2,1H3,(H3,13,14)(H,16,20). The smallest absolute Gasteiger partial charge is 0.364 e. The summed E-state index contributed by atoms with van der Waals surface area (Å²) in [5.74, 6) is 0.984. The molecule has 0 bridgehead atoms. The fourth-order valence-electron chi connectivity index (χ4n) is 2.46. The number of H-pyrrole nitrogens is 1. The molecule has 0 amide bonds. The number of rotatable bonds is 2. The molecule has 8 nitrogen and oxygen atoms in total. The monoisotopic (exact) mass is 275 g/mol. The Kier molecular flexibility index (Phi) is 2.73. The number of fused-ring (bicyclic) bond motifs is 1. The molecule has 0 aromatic carbocycles. The van der Waals surface area contributed by atoms with Crippen LogP contribution in [0.2, 0.25) is 0 Å². The molecule has 1 fully saturated rings. The molecule has 8 heteroatoms. The summed E-state index contributed by atoms with van der Waals surface area (Å²) >= 11 is 0. The van der Waals surface area contributed by atoms with Gasteiger partial charge in [0, 0.05) is 18.5 Å². The van der Waals surface area contributed by atoms with Gasteiger partial charge in [-0.25, -0.2) is 9.89 Å². The van der Waals surface area contributed by atoms with Crippen LogP contribution in [0.1, 0.15) is 19.8 Å². The second-order valence-electron chi connectivity index (χ2n) is 5.45. The van der Waals surface area contributed by atoms with Gasteiger partial charge in [-0.1, -0.05) is 6.92 Å². The number of hydrogen-bond acceptors (Lipinski definition) is 5. The van der Waals surface area contributed by atoms with Crippen molar-refractivity contribution in [1.29, 1.82) is 5.41 Å². The summed E-state index contributed by atoms with van der Waals surface area (Å²) < 4.78 is 1.26. The summed E-state index contributed by atoms with van der Waals surface area (Å²) in [6.45, 7) is 3.55. The number of aromatic nitrogens is 4. The molecule has 0 radical (unpaired) electrons. The minimum absolute atomic E-state index is 0.229. The number of nitrogens with two attached hydrogens (primary N) is 1. The summed E-state index contributed by atoms with van der Waals surface area (Å²) in [6.07, 6.45) is 1.62. The van der Waals surface area contributed by atoms with Crippen LogP contribution in [-0.2, 0) is 0 Å². The first-order valence-electron chi connectivity index (χ1n) is 6.53. The van der Waals surface area contributed by atoms with Crippen LogP contribution in [0.5, 0.6) is 0 Å². The Balaban J connectivity index is 1.85. The van der Waals surface area contributed by atoms with Gasteiger partial charge in [0.1, 0.15) is 5.82 Å². The Morgan fingerprint density at radius 3 is 2.80 bits per heavy atom. The van der Waals surface area contributed by atoms with Crippen molar-refractivity contribution < 1.29 is 0 Å². The van der Waals surface area contributed by atoms with Crippen molar-refractivity contribution in [1.82, 2.24) is 19.8 Å². The van der Waals surface area contributed by atoms with E-state index in [1.165, 1.54) is 4.52 Å². The summed E-state index contributed by atoms with van der Waals surface area (Å²) in [4.78, 5) is 13.6. The second kappa shape index (κ2) is 4.32. The topological polar surface area (TPSA) is 116 Å². The molecule has 4 N–H and O–H groups in total. The molecule has 1 aliphatic heterocycles. The first kappa shape index (κ1) is 12.6. The zero-order valence-electron chi connectivity index (χ0n) is 11.3. The third-order valence-electron chi connectivity index (χ3n) is 4.10. The first-order chi connectivity index (χ1) is 9.49. The van der Waals surface area contributed by atoms with Crippen molar-refractivity contribution in [2.45, 2.75) is 19.8 Å². The average Bonchev–Trinajstić information content (AvgIpc) is 2.81. The minimum Gasteiger partial charge on any atom is -0.387 e. The van der Waals surface area contributed by atoms with Crippen molar-refractivity contribution in [3.63, 3.8) is 0 Å². The van der Waals surface area contributed by atoms with E-state index in [4.69, 9.17) is 11.1 Å². The Labute approximate surface area is 115 Å². The van der Waals surface area contributed by atoms with Gasteiger partial charge in [0.05, 0.1) is 5.84 Å². The molecule has 0 unspecified atom stereocenters. The van der Waals surface area contributed by atoms with E-state index in [9.17, 15) is 4.79 Å². The van der Waals surface area contributed by atoms with Crippen molar-refractivity contribution in [2.24, 2.45) is 11.1 Å². The summed E-state index contributed by atoms with van der Waals surface area (Å²) in [6, 6.07) is 3.62. The van der Waals surface area contributed by atoms with Crippen LogP contribution in [0.4, 0.5) is 5.82 Å². The molecule has 1 aliphatic rings. The lowest BCUT2D eigenvalue weighted by atomic mass is 9.79. The Bertz CT molecular complexity index is 708. The number of hydrogen-bond donors (Lipinski definition) is 3. The lowest BCUT2D eigenvalue weighted by molar-refractivity contribution is 0.349. The highest BCUT2D eigenvalue weighted by atomic mass is 16.2. The maximum Gasteiger partial charge on any atom is 0.364 e. The van der Waals surface area contributed by atoms with E-state index in [-0.39, 0.29) is 16.9 Å². The lowest BCUT2D eigenvalue weighted by Gasteiger charge is -2.38. The Morgan fingerprint density at radius 2 is 2.15 bits per heavy atom. The predicted octanol–water partition coefficient (Wildman–Crippen LogP) is -0.0399. The second-order valence-corrected chi connectivity index (χ2v) is 5.45. The third-order valence-corrected chi connectivity index (χ3v) is 4.10. The largest absolute Gasteiger partial charge is 0.387 e. The fourth-order valence-corrected chi connectivity index (χ4v) is 2.46. The highest BCUT2D eigenvalue weighted by Gasteiger charge is 2.33. The van der Waals surface area contributed by atoms with Gasteiger partial charge in [0.2, 0.25) is 0 Å². The summed E-state index contributed by atoms with van der Waals surface area (Å²) in [7, 11) is 0. The molecule has 0 spiro atoms. The van der Waals surface area contributed by atoms with E-state index in [1.54, 1.807) is 6.07 Å². The number of nitrogens with one attached hydrogen (secondary N) is 2. The zero-order chi connectivity index (χ0) is 14.3. The van der Waals surface area contributed by atoms with E-state index in [2.05, 4.69) is 20.2 Å². The van der Waals surface area contributed by atoms with E-state index in [1.807, 2.05) is 13.0 Å². The van der Waals surface area contributed by atoms with E-state index in [0.717, 1.165) is 31.7 Å². The van der Waals surface area contributed by atoms with Crippen LogP contribution in [0, 0.1) is 10.8 Å². The zero-order valence-corrected chi connectivity index (χ0v) is 11.3. The van der Waals surface area contributed by atoms with Crippen molar-refractivity contribution in [2.75, 3.05) is 18.0 Å². The van der Waals surface area contributed by atoms with Gasteiger partial charge >= 0.3 is 5.69 Å². The average molecular weight is 275 g/mol. The lowest BCUT2D eigenvalue weighted by Crippen LogP contribution is -2.45. The molecule has 106 valence electrons. The van der Waals surface area contributed by atoms with Crippen LogP contribution in [0.3, 0.4) is 0 Å². The van der Waals surface area contributed by atoms with Crippen LogP contribution < -0.4 is 16.3 Å². The molecule has 0 atom stereocenters. The van der Waals surface area contributed by atoms with Crippen LogP contribution in [-0.4, -0.2) is 38.7 Å². The molecule has 1 saturated heterocycles. The number of anilines is 1. The van der Waals surface area contributed by atoms with Gasteiger partial charge in [0.25, 0.3) is 0 Å². The summed E-state index contributed by atoms with van der Waals surface area (Å²) in [5.41, 5.74) is 5.59. The molecular formula is C12H17N7O. The molecule has 3 rings (SSSR count). The molecular weight excluding hydrogens is 258 g/mol. The molecule has 0 saturated carbocycles. The number of piperidine rings is 1. The summed E-state index contributed by atoms with van der Waals surface area (Å²) in [5, 5.41) is 18.2. The Morgan fingerprint density at radius 1 is 1.45 bits per heavy atom. The van der Waals surface area contributed by atoms with Crippen LogP contribution >= 0.6 is 0 Å². The van der Waals surface area contributed by atoms with E-state index in [0.29, 0.717) is 5.65 Å². The van der Waals surface area contributed by atoms with E-state index < -0.39 is 0 Å². The third kappa shape index (κ3) is 1.93. The fraction of sp³-hybridized carbons (Fsp3) is 0.500. The van der Waals surface area contributed by atoms with Crippen LogP contribution in [0.15, 0.2) is 16.9 Å². The highest BCUT2D eigenvalue weighted by molar-refractivity contribution is 5.83. The maximum absolute atomic E-state index is 11.5.